The van der Waals surface area contributed by atoms with Crippen molar-refractivity contribution in [3.63, 3.8) is 0 Å². The van der Waals surface area contributed by atoms with Gasteiger partial charge in [0.25, 0.3) is 0 Å². The largest absolute Gasteiger partial charge is 0.481 e. The van der Waals surface area contributed by atoms with E-state index in [2.05, 4.69) is 11.8 Å². The van der Waals surface area contributed by atoms with Gasteiger partial charge in [0, 0.05) is 19.1 Å². The van der Waals surface area contributed by atoms with Crippen LogP contribution in [0.2, 0.25) is 0 Å². The van der Waals surface area contributed by atoms with Crippen molar-refractivity contribution in [2.24, 2.45) is 0 Å². The van der Waals surface area contributed by atoms with Gasteiger partial charge in [-0.15, -0.1) is 0 Å². The Labute approximate surface area is 124 Å². The predicted molar refractivity (Wildman–Crippen MR) is 77.6 cm³/mol. The SMILES string of the molecule is CC(c1ccc(F)cc1)N1CCC(OCCC(=O)O)CC1. The van der Waals surface area contributed by atoms with Crippen LogP contribution in [0.3, 0.4) is 0 Å². The molecular formula is C16H22FNO3. The van der Waals surface area contributed by atoms with E-state index >= 15 is 0 Å². The Hall–Kier alpha value is -1.46. The fraction of sp³-hybridized carbons (Fsp3) is 0.562. The van der Waals surface area contributed by atoms with Gasteiger partial charge in [-0.2, -0.15) is 0 Å². The van der Waals surface area contributed by atoms with Crippen LogP contribution in [0.4, 0.5) is 4.39 Å². The van der Waals surface area contributed by atoms with Crippen molar-refractivity contribution in [2.75, 3.05) is 19.7 Å². The Bertz CT molecular complexity index is 455. The highest BCUT2D eigenvalue weighted by Gasteiger charge is 2.24. The van der Waals surface area contributed by atoms with Crippen LogP contribution in [0.15, 0.2) is 24.3 Å². The standard InChI is InChI=1S/C16H22FNO3/c1-12(13-2-4-14(17)5-3-13)18-9-6-15(7-10-18)21-11-8-16(19)20/h2-5,12,15H,6-11H2,1H3,(H,19,20). The van der Waals surface area contributed by atoms with Crippen molar-refractivity contribution in [3.05, 3.63) is 35.6 Å². The van der Waals surface area contributed by atoms with E-state index in [1.54, 1.807) is 0 Å². The molecule has 1 fully saturated rings. The number of carboxylic acid groups (broad SMARTS) is 1. The Morgan fingerprint density at radius 3 is 2.57 bits per heavy atom. The molecule has 1 aromatic rings. The minimum absolute atomic E-state index is 0.0617. The second-order valence-electron chi connectivity index (χ2n) is 5.48. The number of nitrogens with zero attached hydrogens (tertiary/aromatic N) is 1. The van der Waals surface area contributed by atoms with Crippen molar-refractivity contribution < 1.29 is 19.0 Å². The van der Waals surface area contributed by atoms with Gasteiger partial charge < -0.3 is 9.84 Å². The lowest BCUT2D eigenvalue weighted by molar-refractivity contribution is -0.138. The Morgan fingerprint density at radius 2 is 2.00 bits per heavy atom. The first kappa shape index (κ1) is 15.9. The first-order chi connectivity index (χ1) is 10.1. The van der Waals surface area contributed by atoms with Gasteiger partial charge in [0.15, 0.2) is 0 Å². The number of likely N-dealkylation sites (tertiary alicyclic amines) is 1. The molecule has 0 bridgehead atoms. The van der Waals surface area contributed by atoms with Crippen molar-refractivity contribution >= 4 is 5.97 Å². The number of benzene rings is 1. The summed E-state index contributed by atoms with van der Waals surface area (Å²) in [5, 5.41) is 8.59. The molecule has 0 spiro atoms. The smallest absolute Gasteiger partial charge is 0.305 e. The van der Waals surface area contributed by atoms with E-state index in [1.807, 2.05) is 12.1 Å². The molecule has 1 aliphatic heterocycles. The molecule has 0 saturated carbocycles. The van der Waals surface area contributed by atoms with Gasteiger partial charge in [0.05, 0.1) is 19.1 Å². The lowest BCUT2D eigenvalue weighted by Crippen LogP contribution is -2.38. The molecule has 0 aliphatic carbocycles. The first-order valence-electron chi connectivity index (χ1n) is 7.39. The number of piperidine rings is 1. The lowest BCUT2D eigenvalue weighted by Gasteiger charge is -2.36. The van der Waals surface area contributed by atoms with Crippen molar-refractivity contribution in [3.8, 4) is 0 Å². The van der Waals surface area contributed by atoms with Crippen LogP contribution in [0.5, 0.6) is 0 Å². The summed E-state index contributed by atoms with van der Waals surface area (Å²) in [5.41, 5.74) is 1.11. The molecule has 0 radical (unpaired) electrons. The highest BCUT2D eigenvalue weighted by molar-refractivity contribution is 5.66. The highest BCUT2D eigenvalue weighted by Crippen LogP contribution is 2.25. The number of hydrogen-bond donors (Lipinski definition) is 1. The molecule has 1 aromatic carbocycles. The summed E-state index contributed by atoms with van der Waals surface area (Å²) in [4.78, 5) is 12.8. The van der Waals surface area contributed by atoms with Crippen LogP contribution in [0.25, 0.3) is 0 Å². The van der Waals surface area contributed by atoms with Gasteiger partial charge in [0.1, 0.15) is 5.82 Å². The summed E-state index contributed by atoms with van der Waals surface area (Å²) in [7, 11) is 0. The number of carboxylic acids is 1. The number of halogens is 1. The number of carbonyl (C=O) groups is 1. The molecule has 1 aliphatic rings. The monoisotopic (exact) mass is 295 g/mol. The van der Waals surface area contributed by atoms with Gasteiger partial charge >= 0.3 is 5.97 Å². The van der Waals surface area contributed by atoms with E-state index in [0.29, 0.717) is 0 Å². The second kappa shape index (κ2) is 7.52. The molecule has 0 aromatic heterocycles. The first-order valence-corrected chi connectivity index (χ1v) is 7.39. The molecule has 1 atom stereocenters. The predicted octanol–water partition coefficient (Wildman–Crippen LogP) is 2.84. The Morgan fingerprint density at radius 1 is 1.38 bits per heavy atom. The normalized spacial score (nSPS) is 18.6. The van der Waals surface area contributed by atoms with Crippen LogP contribution in [-0.4, -0.2) is 41.8 Å². The molecule has 1 heterocycles. The van der Waals surface area contributed by atoms with Gasteiger partial charge in [-0.05, 0) is 37.5 Å². The summed E-state index contributed by atoms with van der Waals surface area (Å²) in [6, 6.07) is 6.90. The molecule has 5 heteroatoms. The summed E-state index contributed by atoms with van der Waals surface area (Å²) in [5.74, 6) is -1.03. The van der Waals surface area contributed by atoms with Crippen molar-refractivity contribution in [1.82, 2.24) is 4.90 Å². The van der Waals surface area contributed by atoms with Crippen LogP contribution in [0.1, 0.15) is 37.8 Å². The van der Waals surface area contributed by atoms with E-state index in [-0.39, 0.29) is 31.0 Å². The third-order valence-electron chi connectivity index (χ3n) is 4.05. The molecule has 1 unspecified atom stereocenters. The molecule has 4 nitrogen and oxygen atoms in total. The fourth-order valence-electron chi connectivity index (χ4n) is 2.69. The minimum atomic E-state index is -0.822. The third-order valence-corrected chi connectivity index (χ3v) is 4.05. The fourth-order valence-corrected chi connectivity index (χ4v) is 2.69. The number of aliphatic carboxylic acids is 1. The molecule has 21 heavy (non-hydrogen) atoms. The van der Waals surface area contributed by atoms with E-state index in [9.17, 15) is 9.18 Å². The minimum Gasteiger partial charge on any atom is -0.481 e. The summed E-state index contributed by atoms with van der Waals surface area (Å²) >= 11 is 0. The topological polar surface area (TPSA) is 49.8 Å². The number of hydrogen-bond acceptors (Lipinski definition) is 3. The third kappa shape index (κ3) is 4.79. The summed E-state index contributed by atoms with van der Waals surface area (Å²) < 4.78 is 18.5. The van der Waals surface area contributed by atoms with Crippen molar-refractivity contribution in [2.45, 2.75) is 38.3 Å². The average Bonchev–Trinajstić information content (AvgIpc) is 2.48. The lowest BCUT2D eigenvalue weighted by atomic mass is 10.0. The van der Waals surface area contributed by atoms with Crippen LogP contribution >= 0.6 is 0 Å². The Balaban J connectivity index is 1.77. The number of ether oxygens (including phenoxy) is 1. The Kier molecular flexibility index (Phi) is 5.70. The average molecular weight is 295 g/mol. The summed E-state index contributed by atoms with van der Waals surface area (Å²) in [6.07, 6.45) is 2.03. The highest BCUT2D eigenvalue weighted by atomic mass is 19.1. The zero-order valence-corrected chi connectivity index (χ0v) is 12.3. The van der Waals surface area contributed by atoms with Crippen molar-refractivity contribution in [1.29, 1.82) is 0 Å². The number of rotatable bonds is 6. The molecular weight excluding hydrogens is 273 g/mol. The van der Waals surface area contributed by atoms with E-state index in [4.69, 9.17) is 9.84 Å². The van der Waals surface area contributed by atoms with Crippen LogP contribution in [0, 0.1) is 5.82 Å². The molecule has 1 saturated heterocycles. The zero-order chi connectivity index (χ0) is 15.2. The summed E-state index contributed by atoms with van der Waals surface area (Å²) in [6.45, 7) is 4.24. The molecule has 116 valence electrons. The maximum absolute atomic E-state index is 12.9. The van der Waals surface area contributed by atoms with E-state index in [0.717, 1.165) is 31.5 Å². The quantitative estimate of drug-likeness (QED) is 0.876. The second-order valence-corrected chi connectivity index (χ2v) is 5.48. The van der Waals surface area contributed by atoms with E-state index < -0.39 is 5.97 Å². The van der Waals surface area contributed by atoms with E-state index in [1.165, 1.54) is 12.1 Å². The van der Waals surface area contributed by atoms with Gasteiger partial charge in [0.2, 0.25) is 0 Å². The molecule has 1 N–H and O–H groups in total. The van der Waals surface area contributed by atoms with Gasteiger partial charge in [-0.1, -0.05) is 12.1 Å². The van der Waals surface area contributed by atoms with Crippen LogP contribution < -0.4 is 0 Å². The molecule has 0 amide bonds. The maximum atomic E-state index is 12.9. The van der Waals surface area contributed by atoms with Gasteiger partial charge in [-0.25, -0.2) is 4.39 Å². The molecule has 2 rings (SSSR count). The van der Waals surface area contributed by atoms with Crippen LogP contribution in [-0.2, 0) is 9.53 Å². The zero-order valence-electron chi connectivity index (χ0n) is 12.3. The maximum Gasteiger partial charge on any atom is 0.305 e. The van der Waals surface area contributed by atoms with Gasteiger partial charge in [-0.3, -0.25) is 9.69 Å².